The first-order chi connectivity index (χ1) is 8.77. The fourth-order valence-electron chi connectivity index (χ4n) is 2.17. The van der Waals surface area contributed by atoms with E-state index in [1.807, 2.05) is 0 Å². The maximum atomic E-state index is 11.7. The minimum Gasteiger partial charge on any atom is -0.505 e. The second-order valence-electron chi connectivity index (χ2n) is 4.53. The molecule has 1 aromatic heterocycles. The molecule has 0 bridgehead atoms. The lowest BCUT2D eigenvalue weighted by Gasteiger charge is -2.14. The van der Waals surface area contributed by atoms with E-state index in [9.17, 15) is 9.90 Å². The van der Waals surface area contributed by atoms with Gasteiger partial charge in [0.05, 0.1) is 0 Å². The number of nitrogens with zero attached hydrogens (tertiary/aromatic N) is 2. The van der Waals surface area contributed by atoms with Gasteiger partial charge in [-0.25, -0.2) is 4.98 Å². The Morgan fingerprint density at radius 1 is 1.44 bits per heavy atom. The van der Waals surface area contributed by atoms with Crippen molar-refractivity contribution < 1.29 is 9.90 Å². The van der Waals surface area contributed by atoms with E-state index in [0.717, 1.165) is 13.0 Å². The first-order valence-corrected chi connectivity index (χ1v) is 6.42. The minimum atomic E-state index is -0.311. The molecule has 1 aliphatic rings. The van der Waals surface area contributed by atoms with Crippen LogP contribution in [0.15, 0.2) is 18.3 Å². The molecular formula is C13H19N3O2. The number of carbonyl (C=O) groups is 1. The van der Waals surface area contributed by atoms with Crippen molar-refractivity contribution in [3.8, 4) is 5.75 Å². The molecule has 98 valence electrons. The molecule has 0 spiro atoms. The Morgan fingerprint density at radius 3 is 2.94 bits per heavy atom. The summed E-state index contributed by atoms with van der Waals surface area (Å²) in [5, 5.41) is 12.3. The summed E-state index contributed by atoms with van der Waals surface area (Å²) in [6.45, 7) is 3.99. The van der Waals surface area contributed by atoms with Gasteiger partial charge >= 0.3 is 0 Å². The highest BCUT2D eigenvalue weighted by Crippen LogP contribution is 2.12. The number of likely N-dealkylation sites (tertiary alicyclic amines) is 1. The first kappa shape index (κ1) is 12.8. The van der Waals surface area contributed by atoms with Crippen LogP contribution in [0.1, 0.15) is 29.8 Å². The van der Waals surface area contributed by atoms with Gasteiger partial charge in [-0.15, -0.1) is 0 Å². The second kappa shape index (κ2) is 6.35. The lowest BCUT2D eigenvalue weighted by Crippen LogP contribution is -2.29. The van der Waals surface area contributed by atoms with Crippen molar-refractivity contribution in [1.29, 1.82) is 0 Å². The monoisotopic (exact) mass is 249 g/mol. The average molecular weight is 249 g/mol. The maximum absolute atomic E-state index is 11.7. The summed E-state index contributed by atoms with van der Waals surface area (Å²) in [6.07, 6.45) is 5.00. The van der Waals surface area contributed by atoms with Crippen LogP contribution >= 0.6 is 0 Å². The lowest BCUT2D eigenvalue weighted by molar-refractivity contribution is 0.0944. The molecular weight excluding hydrogens is 230 g/mol. The Morgan fingerprint density at radius 2 is 2.22 bits per heavy atom. The highest BCUT2D eigenvalue weighted by molar-refractivity contribution is 5.94. The van der Waals surface area contributed by atoms with Crippen LogP contribution < -0.4 is 5.32 Å². The smallest absolute Gasteiger partial charge is 0.273 e. The van der Waals surface area contributed by atoms with Gasteiger partial charge in [-0.05, 0) is 51.0 Å². The molecule has 2 heterocycles. The molecule has 5 nitrogen and oxygen atoms in total. The van der Waals surface area contributed by atoms with Gasteiger partial charge < -0.3 is 15.3 Å². The molecule has 18 heavy (non-hydrogen) atoms. The van der Waals surface area contributed by atoms with Gasteiger partial charge in [-0.2, -0.15) is 0 Å². The van der Waals surface area contributed by atoms with Crippen LogP contribution in [-0.2, 0) is 0 Å². The van der Waals surface area contributed by atoms with Crippen molar-refractivity contribution in [1.82, 2.24) is 15.2 Å². The molecule has 1 fully saturated rings. The van der Waals surface area contributed by atoms with E-state index in [-0.39, 0.29) is 17.4 Å². The lowest BCUT2D eigenvalue weighted by atomic mass is 10.3. The van der Waals surface area contributed by atoms with Crippen LogP contribution in [0.5, 0.6) is 5.75 Å². The summed E-state index contributed by atoms with van der Waals surface area (Å²) < 4.78 is 0. The second-order valence-corrected chi connectivity index (χ2v) is 4.53. The predicted molar refractivity (Wildman–Crippen MR) is 68.5 cm³/mol. The number of nitrogens with one attached hydrogen (secondary N) is 1. The molecule has 0 radical (unpaired) electrons. The third kappa shape index (κ3) is 3.43. The number of hydrogen-bond donors (Lipinski definition) is 2. The number of pyridine rings is 1. The molecule has 1 aromatic rings. The predicted octanol–water partition coefficient (Wildman–Crippen LogP) is 1.00. The van der Waals surface area contributed by atoms with Crippen molar-refractivity contribution in [3.63, 3.8) is 0 Å². The SMILES string of the molecule is O=C(NCCCN1CCCC1)c1ncccc1O. The number of rotatable bonds is 5. The van der Waals surface area contributed by atoms with Gasteiger partial charge in [0.25, 0.3) is 5.91 Å². The zero-order valence-corrected chi connectivity index (χ0v) is 10.4. The summed E-state index contributed by atoms with van der Waals surface area (Å²) in [5.41, 5.74) is 0.0960. The van der Waals surface area contributed by atoms with Crippen LogP contribution in [0, 0.1) is 0 Å². The third-order valence-corrected chi connectivity index (χ3v) is 3.14. The van der Waals surface area contributed by atoms with Crippen LogP contribution in [0.3, 0.4) is 0 Å². The number of aromatic nitrogens is 1. The van der Waals surface area contributed by atoms with Gasteiger partial charge in [0, 0.05) is 12.7 Å². The Bertz CT molecular complexity index is 403. The summed E-state index contributed by atoms with van der Waals surface area (Å²) in [4.78, 5) is 18.0. The zero-order valence-electron chi connectivity index (χ0n) is 10.4. The van der Waals surface area contributed by atoms with Crippen molar-refractivity contribution in [2.75, 3.05) is 26.2 Å². The number of amides is 1. The summed E-state index contributed by atoms with van der Waals surface area (Å²) in [5.74, 6) is -0.385. The molecule has 1 amide bonds. The molecule has 0 unspecified atom stereocenters. The summed E-state index contributed by atoms with van der Waals surface area (Å²) in [6, 6.07) is 3.06. The molecule has 0 aromatic carbocycles. The molecule has 0 aliphatic carbocycles. The van der Waals surface area contributed by atoms with Gasteiger partial charge in [-0.1, -0.05) is 0 Å². The average Bonchev–Trinajstić information content (AvgIpc) is 2.88. The van der Waals surface area contributed by atoms with Crippen LogP contribution in [0.25, 0.3) is 0 Å². The van der Waals surface area contributed by atoms with E-state index in [2.05, 4.69) is 15.2 Å². The van der Waals surface area contributed by atoms with Gasteiger partial charge in [0.15, 0.2) is 5.69 Å². The number of aromatic hydroxyl groups is 1. The van der Waals surface area contributed by atoms with E-state index < -0.39 is 0 Å². The van der Waals surface area contributed by atoms with Crippen molar-refractivity contribution in [2.45, 2.75) is 19.3 Å². The summed E-state index contributed by atoms with van der Waals surface area (Å²) >= 11 is 0. The highest BCUT2D eigenvalue weighted by Gasteiger charge is 2.13. The van der Waals surface area contributed by atoms with E-state index in [0.29, 0.717) is 6.54 Å². The standard InChI is InChI=1S/C13H19N3O2/c17-11-5-3-6-14-12(11)13(18)15-7-4-10-16-8-1-2-9-16/h3,5-6,17H,1-2,4,7-10H2,(H,15,18). The van der Waals surface area contributed by atoms with Crippen LogP contribution in [0.4, 0.5) is 0 Å². The summed E-state index contributed by atoms with van der Waals surface area (Å²) in [7, 11) is 0. The van der Waals surface area contributed by atoms with Gasteiger partial charge in [0.2, 0.25) is 0 Å². The van der Waals surface area contributed by atoms with E-state index in [1.165, 1.54) is 38.2 Å². The van der Waals surface area contributed by atoms with E-state index in [4.69, 9.17) is 0 Å². The fraction of sp³-hybridized carbons (Fsp3) is 0.538. The topological polar surface area (TPSA) is 65.5 Å². The third-order valence-electron chi connectivity index (χ3n) is 3.14. The Labute approximate surface area is 107 Å². The molecule has 0 saturated carbocycles. The highest BCUT2D eigenvalue weighted by atomic mass is 16.3. The van der Waals surface area contributed by atoms with Gasteiger partial charge in [0.1, 0.15) is 5.75 Å². The van der Waals surface area contributed by atoms with Crippen molar-refractivity contribution in [2.24, 2.45) is 0 Å². The van der Waals surface area contributed by atoms with Crippen LogP contribution in [0.2, 0.25) is 0 Å². The van der Waals surface area contributed by atoms with E-state index >= 15 is 0 Å². The molecule has 0 atom stereocenters. The van der Waals surface area contributed by atoms with Gasteiger partial charge in [-0.3, -0.25) is 4.79 Å². The van der Waals surface area contributed by atoms with Crippen LogP contribution in [-0.4, -0.2) is 47.1 Å². The molecule has 2 rings (SSSR count). The molecule has 1 aliphatic heterocycles. The van der Waals surface area contributed by atoms with Crippen molar-refractivity contribution >= 4 is 5.91 Å². The number of carbonyl (C=O) groups excluding carboxylic acids is 1. The Kier molecular flexibility index (Phi) is 4.52. The largest absolute Gasteiger partial charge is 0.505 e. The molecule has 5 heteroatoms. The quantitative estimate of drug-likeness (QED) is 0.764. The normalized spacial score (nSPS) is 15.8. The molecule has 1 saturated heterocycles. The first-order valence-electron chi connectivity index (χ1n) is 6.42. The van der Waals surface area contributed by atoms with Crippen molar-refractivity contribution in [3.05, 3.63) is 24.0 Å². The minimum absolute atomic E-state index is 0.0745. The Hall–Kier alpha value is -1.62. The zero-order chi connectivity index (χ0) is 12.8. The Balaban J connectivity index is 1.70. The number of hydrogen-bond acceptors (Lipinski definition) is 4. The maximum Gasteiger partial charge on any atom is 0.273 e. The molecule has 2 N–H and O–H groups in total. The van der Waals surface area contributed by atoms with E-state index in [1.54, 1.807) is 6.07 Å². The fourth-order valence-corrected chi connectivity index (χ4v) is 2.17.